The van der Waals surface area contributed by atoms with Crippen molar-refractivity contribution in [3.05, 3.63) is 28.3 Å². The van der Waals surface area contributed by atoms with Crippen LogP contribution in [0.3, 0.4) is 0 Å². The average Bonchev–Trinajstić information content (AvgIpc) is 2.32. The van der Waals surface area contributed by atoms with Crippen LogP contribution < -0.4 is 0 Å². The van der Waals surface area contributed by atoms with Crippen LogP contribution in [-0.2, 0) is 0 Å². The lowest BCUT2D eigenvalue weighted by Crippen LogP contribution is -2.07. The summed E-state index contributed by atoms with van der Waals surface area (Å²) in [5.41, 5.74) is 4.88. The number of hydrogen-bond donors (Lipinski definition) is 1. The maximum absolute atomic E-state index is 9.91. The molecule has 88 valence electrons. The molecule has 0 aromatic heterocycles. The normalized spacial score (nSPS) is 17.7. The van der Waals surface area contributed by atoms with Gasteiger partial charge < -0.3 is 5.11 Å². The second-order valence-electron chi connectivity index (χ2n) is 5.22. The van der Waals surface area contributed by atoms with E-state index in [1.165, 1.54) is 43.2 Å². The van der Waals surface area contributed by atoms with Gasteiger partial charge >= 0.3 is 0 Å². The van der Waals surface area contributed by atoms with Gasteiger partial charge in [0.25, 0.3) is 0 Å². The van der Waals surface area contributed by atoms with E-state index in [1.54, 1.807) is 0 Å². The van der Waals surface area contributed by atoms with Crippen molar-refractivity contribution in [2.24, 2.45) is 0 Å². The summed E-state index contributed by atoms with van der Waals surface area (Å²) in [4.78, 5) is 0. The topological polar surface area (TPSA) is 20.2 Å². The summed E-state index contributed by atoms with van der Waals surface area (Å²) in [7, 11) is 0. The minimum absolute atomic E-state index is 0.483. The highest BCUT2D eigenvalue weighted by molar-refractivity contribution is 5.49. The van der Waals surface area contributed by atoms with E-state index >= 15 is 0 Å². The molecule has 1 aromatic carbocycles. The first-order chi connectivity index (χ1) is 7.61. The van der Waals surface area contributed by atoms with Crippen LogP contribution >= 0.6 is 0 Å². The van der Waals surface area contributed by atoms with Crippen molar-refractivity contribution in [2.45, 2.75) is 58.8 Å². The summed E-state index contributed by atoms with van der Waals surface area (Å²) >= 11 is 0. The maximum Gasteiger partial charge on any atom is 0.121 e. The van der Waals surface area contributed by atoms with Gasteiger partial charge in [-0.1, -0.05) is 25.3 Å². The molecular weight excluding hydrogens is 196 g/mol. The molecule has 16 heavy (non-hydrogen) atoms. The van der Waals surface area contributed by atoms with Crippen LogP contribution in [0.2, 0.25) is 0 Å². The highest BCUT2D eigenvalue weighted by atomic mass is 16.3. The molecule has 1 aliphatic carbocycles. The lowest BCUT2D eigenvalue weighted by atomic mass is 9.80. The summed E-state index contributed by atoms with van der Waals surface area (Å²) in [6, 6.07) is 2.20. The molecule has 1 heteroatoms. The molecule has 0 atom stereocenters. The zero-order valence-corrected chi connectivity index (χ0v) is 10.6. The highest BCUT2D eigenvalue weighted by Gasteiger charge is 2.19. The number of rotatable bonds is 1. The third-order valence-corrected chi connectivity index (χ3v) is 4.14. The van der Waals surface area contributed by atoms with Gasteiger partial charge in [0.15, 0.2) is 0 Å². The SMILES string of the molecule is Cc1cc(C2CCCCC2)c(C)c(C)c1O. The molecule has 0 heterocycles. The number of aryl methyl sites for hydroxylation is 1. The van der Waals surface area contributed by atoms with Crippen molar-refractivity contribution in [3.63, 3.8) is 0 Å². The Labute approximate surface area is 98.5 Å². The molecule has 1 aliphatic rings. The predicted molar refractivity (Wildman–Crippen MR) is 68.1 cm³/mol. The molecule has 0 unspecified atom stereocenters. The minimum Gasteiger partial charge on any atom is -0.507 e. The molecule has 0 saturated heterocycles. The van der Waals surface area contributed by atoms with E-state index in [0.717, 1.165) is 17.0 Å². The smallest absolute Gasteiger partial charge is 0.121 e. The first-order valence-electron chi connectivity index (χ1n) is 6.41. The molecule has 0 bridgehead atoms. The van der Waals surface area contributed by atoms with Crippen molar-refractivity contribution in [1.29, 1.82) is 0 Å². The van der Waals surface area contributed by atoms with Crippen molar-refractivity contribution >= 4 is 0 Å². The molecule has 0 amide bonds. The largest absolute Gasteiger partial charge is 0.507 e. The van der Waals surface area contributed by atoms with Crippen LogP contribution in [0.1, 0.15) is 60.3 Å². The highest BCUT2D eigenvalue weighted by Crippen LogP contribution is 2.38. The fourth-order valence-electron chi connectivity index (χ4n) is 2.94. The third-order valence-electron chi connectivity index (χ3n) is 4.14. The lowest BCUT2D eigenvalue weighted by molar-refractivity contribution is 0.438. The Kier molecular flexibility index (Phi) is 3.22. The molecule has 1 saturated carbocycles. The molecule has 0 spiro atoms. The van der Waals surface area contributed by atoms with Gasteiger partial charge in [0.1, 0.15) is 5.75 Å². The van der Waals surface area contributed by atoms with Gasteiger partial charge in [-0.2, -0.15) is 0 Å². The first-order valence-corrected chi connectivity index (χ1v) is 6.41. The number of aromatic hydroxyl groups is 1. The number of phenolic OH excluding ortho intramolecular Hbond substituents is 1. The van der Waals surface area contributed by atoms with Crippen LogP contribution in [0.5, 0.6) is 5.75 Å². The number of phenols is 1. The van der Waals surface area contributed by atoms with Gasteiger partial charge in [0.2, 0.25) is 0 Å². The number of benzene rings is 1. The van der Waals surface area contributed by atoms with Gasteiger partial charge in [0, 0.05) is 0 Å². The lowest BCUT2D eigenvalue weighted by Gasteiger charge is -2.25. The van der Waals surface area contributed by atoms with Crippen LogP contribution in [0, 0.1) is 20.8 Å². The van der Waals surface area contributed by atoms with Crippen molar-refractivity contribution in [2.75, 3.05) is 0 Å². The summed E-state index contributed by atoms with van der Waals surface area (Å²) < 4.78 is 0. The van der Waals surface area contributed by atoms with E-state index in [4.69, 9.17) is 0 Å². The van der Waals surface area contributed by atoms with Gasteiger partial charge in [-0.25, -0.2) is 0 Å². The summed E-state index contributed by atoms with van der Waals surface area (Å²) in [5.74, 6) is 1.21. The predicted octanol–water partition coefficient (Wildman–Crippen LogP) is 4.37. The van der Waals surface area contributed by atoms with E-state index < -0.39 is 0 Å². The van der Waals surface area contributed by atoms with Crippen molar-refractivity contribution in [1.82, 2.24) is 0 Å². The molecule has 2 rings (SSSR count). The molecule has 1 N–H and O–H groups in total. The van der Waals surface area contributed by atoms with Crippen LogP contribution in [0.15, 0.2) is 6.07 Å². The Hall–Kier alpha value is -0.980. The Morgan fingerprint density at radius 3 is 2.25 bits per heavy atom. The fourth-order valence-corrected chi connectivity index (χ4v) is 2.94. The summed E-state index contributed by atoms with van der Waals surface area (Å²) in [6.45, 7) is 6.19. The zero-order chi connectivity index (χ0) is 11.7. The zero-order valence-electron chi connectivity index (χ0n) is 10.6. The number of hydrogen-bond acceptors (Lipinski definition) is 1. The summed E-state index contributed by atoms with van der Waals surface area (Å²) in [6.07, 6.45) is 6.77. The Morgan fingerprint density at radius 2 is 1.62 bits per heavy atom. The van der Waals surface area contributed by atoms with Crippen LogP contribution in [0.25, 0.3) is 0 Å². The third kappa shape index (κ3) is 1.95. The molecule has 1 aromatic rings. The molecular formula is C15H22O. The first kappa shape index (κ1) is 11.5. The van der Waals surface area contributed by atoms with E-state index in [2.05, 4.69) is 13.0 Å². The Bertz CT molecular complexity index is 387. The Balaban J connectivity index is 2.40. The molecule has 0 aliphatic heterocycles. The van der Waals surface area contributed by atoms with E-state index in [1.807, 2.05) is 13.8 Å². The monoisotopic (exact) mass is 218 g/mol. The summed E-state index contributed by atoms with van der Waals surface area (Å²) in [5, 5.41) is 9.91. The van der Waals surface area contributed by atoms with Crippen LogP contribution in [-0.4, -0.2) is 5.11 Å². The van der Waals surface area contributed by atoms with Crippen molar-refractivity contribution in [3.8, 4) is 5.75 Å². The van der Waals surface area contributed by atoms with Crippen molar-refractivity contribution < 1.29 is 5.11 Å². The standard InChI is InChI=1S/C15H22O/c1-10-9-14(11(2)12(3)15(10)16)13-7-5-4-6-8-13/h9,13,16H,4-8H2,1-3H3. The van der Waals surface area contributed by atoms with Crippen LogP contribution in [0.4, 0.5) is 0 Å². The van der Waals surface area contributed by atoms with E-state index in [9.17, 15) is 5.11 Å². The molecule has 1 nitrogen and oxygen atoms in total. The second kappa shape index (κ2) is 4.48. The van der Waals surface area contributed by atoms with E-state index in [0.29, 0.717) is 5.75 Å². The van der Waals surface area contributed by atoms with Gasteiger partial charge in [-0.05, 0) is 61.8 Å². The average molecular weight is 218 g/mol. The quantitative estimate of drug-likeness (QED) is 0.742. The van der Waals surface area contributed by atoms with Gasteiger partial charge in [-0.15, -0.1) is 0 Å². The molecule has 0 radical (unpaired) electrons. The van der Waals surface area contributed by atoms with Gasteiger partial charge in [-0.3, -0.25) is 0 Å². The second-order valence-corrected chi connectivity index (χ2v) is 5.22. The van der Waals surface area contributed by atoms with Gasteiger partial charge in [0.05, 0.1) is 0 Å². The molecule has 1 fully saturated rings. The maximum atomic E-state index is 9.91. The Morgan fingerprint density at radius 1 is 1.00 bits per heavy atom. The van der Waals surface area contributed by atoms with E-state index in [-0.39, 0.29) is 0 Å². The minimum atomic E-state index is 0.483. The fraction of sp³-hybridized carbons (Fsp3) is 0.600.